The van der Waals surface area contributed by atoms with Crippen molar-refractivity contribution in [2.45, 2.75) is 20.4 Å². The Labute approximate surface area is 157 Å². The van der Waals surface area contributed by atoms with Gasteiger partial charge in [-0.25, -0.2) is 4.39 Å². The van der Waals surface area contributed by atoms with Gasteiger partial charge in [0.1, 0.15) is 5.82 Å². The molecule has 140 valence electrons. The van der Waals surface area contributed by atoms with Crippen LogP contribution in [-0.4, -0.2) is 24.3 Å². The van der Waals surface area contributed by atoms with Crippen molar-refractivity contribution in [2.75, 3.05) is 5.32 Å². The van der Waals surface area contributed by atoms with E-state index in [2.05, 4.69) is 9.71 Å². The molecular weight excluding hydrogens is 369 g/mol. The van der Waals surface area contributed by atoms with Gasteiger partial charge in [-0.05, 0) is 43.7 Å². The zero-order chi connectivity index (χ0) is 19.6. The number of amides is 1. The first kappa shape index (κ1) is 18.8. The fraction of sp³-hybridized carbons (Fsp3) is 0.158. The molecule has 0 saturated heterocycles. The molecule has 0 bridgehead atoms. The van der Waals surface area contributed by atoms with Crippen LogP contribution in [0.15, 0.2) is 64.7 Å². The normalized spacial score (nSPS) is 15.7. The highest BCUT2D eigenvalue weighted by Crippen LogP contribution is 2.21. The van der Waals surface area contributed by atoms with E-state index in [1.165, 1.54) is 37.4 Å². The Hall–Kier alpha value is -3.00. The lowest BCUT2D eigenvalue weighted by atomic mass is 10.1. The van der Waals surface area contributed by atoms with Crippen molar-refractivity contribution in [2.24, 2.45) is 4.40 Å². The molecule has 2 aromatic carbocycles. The van der Waals surface area contributed by atoms with Crippen molar-refractivity contribution in [1.82, 2.24) is 4.31 Å². The molecule has 0 aliphatic carbocycles. The Bertz CT molecular complexity index is 1030. The van der Waals surface area contributed by atoms with Crippen LogP contribution in [-0.2, 0) is 21.5 Å². The molecule has 0 fully saturated rings. The molecule has 1 aliphatic rings. The molecule has 1 heterocycles. The predicted octanol–water partition coefficient (Wildman–Crippen LogP) is 3.18. The number of rotatable bonds is 4. The van der Waals surface area contributed by atoms with Gasteiger partial charge in [0, 0.05) is 11.9 Å². The van der Waals surface area contributed by atoms with Crippen molar-refractivity contribution in [3.05, 3.63) is 77.2 Å². The van der Waals surface area contributed by atoms with Gasteiger partial charge in [-0.15, -0.1) is 4.40 Å². The summed E-state index contributed by atoms with van der Waals surface area (Å²) in [7, 11) is -3.95. The van der Waals surface area contributed by atoms with Gasteiger partial charge in [-0.3, -0.25) is 9.10 Å². The molecule has 0 aromatic heterocycles. The molecule has 1 aliphatic heterocycles. The van der Waals surface area contributed by atoms with Crippen molar-refractivity contribution in [3.8, 4) is 0 Å². The van der Waals surface area contributed by atoms with E-state index in [9.17, 15) is 17.6 Å². The second kappa shape index (κ2) is 7.32. The second-order valence-electron chi connectivity index (χ2n) is 6.19. The summed E-state index contributed by atoms with van der Waals surface area (Å²) in [5.41, 5.74) is 2.48. The highest BCUT2D eigenvalue weighted by molar-refractivity contribution is 7.88. The minimum Gasteiger partial charge on any atom is -0.322 e. The number of anilines is 1. The van der Waals surface area contributed by atoms with Gasteiger partial charge in [0.05, 0.1) is 17.8 Å². The Balaban J connectivity index is 1.85. The Kier molecular flexibility index (Phi) is 5.09. The lowest BCUT2D eigenvalue weighted by molar-refractivity contribution is -0.112. The smallest absolute Gasteiger partial charge is 0.322 e. The largest absolute Gasteiger partial charge is 0.344 e. The van der Waals surface area contributed by atoms with Gasteiger partial charge in [0.15, 0.2) is 0 Å². The van der Waals surface area contributed by atoms with Crippen molar-refractivity contribution in [1.29, 1.82) is 0 Å². The molecule has 1 amide bonds. The number of hydrogen-bond acceptors (Lipinski definition) is 3. The van der Waals surface area contributed by atoms with Crippen molar-refractivity contribution < 1.29 is 17.6 Å². The zero-order valence-electron chi connectivity index (χ0n) is 14.8. The molecular formula is C19H18FN3O3S. The highest BCUT2D eigenvalue weighted by Gasteiger charge is 2.28. The maximum Gasteiger partial charge on any atom is 0.344 e. The molecule has 6 nitrogen and oxygen atoms in total. The lowest BCUT2D eigenvalue weighted by Gasteiger charge is -2.23. The van der Waals surface area contributed by atoms with Gasteiger partial charge in [-0.2, -0.15) is 8.42 Å². The third kappa shape index (κ3) is 4.40. The van der Waals surface area contributed by atoms with Crippen molar-refractivity contribution in [3.63, 3.8) is 0 Å². The highest BCUT2D eigenvalue weighted by atomic mass is 32.2. The van der Waals surface area contributed by atoms with E-state index in [1.54, 1.807) is 12.1 Å². The topological polar surface area (TPSA) is 78.8 Å². The average molecular weight is 387 g/mol. The molecule has 2 aromatic rings. The van der Waals surface area contributed by atoms with E-state index in [0.717, 1.165) is 9.87 Å². The lowest BCUT2D eigenvalue weighted by Crippen LogP contribution is -2.32. The van der Waals surface area contributed by atoms with Gasteiger partial charge in [-0.1, -0.05) is 29.8 Å². The fourth-order valence-corrected chi connectivity index (χ4v) is 3.63. The van der Waals surface area contributed by atoms with Crippen LogP contribution >= 0.6 is 0 Å². The summed E-state index contributed by atoms with van der Waals surface area (Å²) in [5.74, 6) is -0.873. The molecule has 8 heteroatoms. The summed E-state index contributed by atoms with van der Waals surface area (Å²) >= 11 is 0. The predicted molar refractivity (Wildman–Crippen MR) is 102 cm³/mol. The Morgan fingerprint density at radius 2 is 1.70 bits per heavy atom. The quantitative estimate of drug-likeness (QED) is 0.875. The van der Waals surface area contributed by atoms with Gasteiger partial charge >= 0.3 is 10.2 Å². The number of carbonyl (C=O) groups excluding carboxylic acids is 1. The third-order valence-electron chi connectivity index (χ3n) is 4.02. The second-order valence-corrected chi connectivity index (χ2v) is 7.74. The third-order valence-corrected chi connectivity index (χ3v) is 5.35. The molecule has 0 atom stereocenters. The van der Waals surface area contributed by atoms with E-state index >= 15 is 0 Å². The molecule has 27 heavy (non-hydrogen) atoms. The Morgan fingerprint density at radius 3 is 2.33 bits per heavy atom. The van der Waals surface area contributed by atoms with Crippen LogP contribution < -0.4 is 5.32 Å². The maximum absolute atomic E-state index is 13.0. The van der Waals surface area contributed by atoms with Crippen LogP contribution in [0.4, 0.5) is 10.1 Å². The molecule has 0 spiro atoms. The van der Waals surface area contributed by atoms with E-state index < -0.39 is 21.9 Å². The molecule has 0 saturated carbocycles. The summed E-state index contributed by atoms with van der Waals surface area (Å²) < 4.78 is 42.3. The molecule has 0 unspecified atom stereocenters. The molecule has 1 N–H and O–H groups in total. The summed E-state index contributed by atoms with van der Waals surface area (Å²) in [5, 5.41) is 2.73. The monoisotopic (exact) mass is 387 g/mol. The number of benzene rings is 2. The number of nitrogens with zero attached hydrogens (tertiary/aromatic N) is 2. The molecule has 3 rings (SSSR count). The van der Waals surface area contributed by atoms with Crippen LogP contribution in [0.1, 0.15) is 18.1 Å². The number of carbonyl (C=O) groups is 1. The first-order valence-electron chi connectivity index (χ1n) is 8.17. The number of aryl methyl sites for hydroxylation is 1. The van der Waals surface area contributed by atoms with Gasteiger partial charge < -0.3 is 5.32 Å². The van der Waals surface area contributed by atoms with Crippen LogP contribution in [0.5, 0.6) is 0 Å². The average Bonchev–Trinajstić information content (AvgIpc) is 2.60. The van der Waals surface area contributed by atoms with Crippen LogP contribution in [0.25, 0.3) is 0 Å². The standard InChI is InChI=1S/C19H18FN3O3S/c1-13-3-9-17(10-4-13)21-19(24)18-12-23(27(25,26)22-14(18)2)11-15-5-7-16(20)8-6-15/h3-10,12H,11H2,1-2H3,(H,21,24). The van der Waals surface area contributed by atoms with Crippen LogP contribution in [0.2, 0.25) is 0 Å². The summed E-state index contributed by atoms with van der Waals surface area (Å²) in [6, 6.07) is 12.7. The van der Waals surface area contributed by atoms with E-state index in [4.69, 9.17) is 0 Å². The summed E-state index contributed by atoms with van der Waals surface area (Å²) in [6.45, 7) is 3.35. The van der Waals surface area contributed by atoms with E-state index in [-0.39, 0.29) is 17.8 Å². The van der Waals surface area contributed by atoms with Crippen molar-refractivity contribution >= 4 is 27.5 Å². The SMILES string of the molecule is CC1=NS(=O)(=O)N(Cc2ccc(F)cc2)C=C1C(=O)Nc1ccc(C)cc1. The van der Waals surface area contributed by atoms with E-state index in [0.29, 0.717) is 11.3 Å². The van der Waals surface area contributed by atoms with Crippen LogP contribution in [0.3, 0.4) is 0 Å². The van der Waals surface area contributed by atoms with Crippen LogP contribution in [0, 0.1) is 12.7 Å². The van der Waals surface area contributed by atoms with E-state index in [1.807, 2.05) is 19.1 Å². The first-order valence-corrected chi connectivity index (χ1v) is 9.57. The molecule has 0 radical (unpaired) electrons. The minimum absolute atomic E-state index is 0.0549. The van der Waals surface area contributed by atoms with Gasteiger partial charge in [0.2, 0.25) is 0 Å². The number of hydrogen-bond donors (Lipinski definition) is 1. The summed E-state index contributed by atoms with van der Waals surface area (Å²) in [4.78, 5) is 12.6. The minimum atomic E-state index is -3.95. The Morgan fingerprint density at radius 1 is 1.07 bits per heavy atom. The zero-order valence-corrected chi connectivity index (χ0v) is 15.6. The number of nitrogens with one attached hydrogen (secondary N) is 1. The maximum atomic E-state index is 13.0. The fourth-order valence-electron chi connectivity index (χ4n) is 2.53. The number of halogens is 1. The summed E-state index contributed by atoms with van der Waals surface area (Å²) in [6.07, 6.45) is 1.25. The first-order chi connectivity index (χ1) is 12.7. The van der Waals surface area contributed by atoms with Gasteiger partial charge in [0.25, 0.3) is 5.91 Å².